The summed E-state index contributed by atoms with van der Waals surface area (Å²) in [4.78, 5) is 16.7. The maximum atomic E-state index is 12.6. The van der Waals surface area contributed by atoms with Crippen molar-refractivity contribution in [1.82, 2.24) is 15.1 Å². The Kier molecular flexibility index (Phi) is 4.77. The van der Waals surface area contributed by atoms with Crippen molar-refractivity contribution in [2.24, 2.45) is 5.41 Å². The molecule has 7 nitrogen and oxygen atoms in total. The number of likely N-dealkylation sites (tertiary alicyclic amines) is 1. The van der Waals surface area contributed by atoms with Crippen molar-refractivity contribution in [3.05, 3.63) is 23.8 Å². The minimum Gasteiger partial charge on any atom is -0.497 e. The summed E-state index contributed by atoms with van der Waals surface area (Å²) < 4.78 is 11.3. The summed E-state index contributed by atoms with van der Waals surface area (Å²) in [6.45, 7) is 5.63. The van der Waals surface area contributed by atoms with Gasteiger partial charge >= 0.3 is 0 Å². The number of aliphatic hydroxyl groups excluding tert-OH is 1. The minimum atomic E-state index is -0.342. The van der Waals surface area contributed by atoms with Crippen molar-refractivity contribution in [3.63, 3.8) is 0 Å². The van der Waals surface area contributed by atoms with Crippen LogP contribution in [0.25, 0.3) is 0 Å². The standard InChI is InChI=1S/C19H27N3O4/c1-25-14-2-3-15-16-9-21(10-18(24)22-6-4-20-5-7-22)11-19(16,12-23)13-26-17(15)8-14/h2-3,8,16,20,23H,4-7,9-13H2,1H3/t16-,19-/m1/s1. The van der Waals surface area contributed by atoms with E-state index >= 15 is 0 Å². The molecule has 0 saturated carbocycles. The number of fused-ring (bicyclic) bond motifs is 3. The van der Waals surface area contributed by atoms with Crippen molar-refractivity contribution in [2.75, 3.05) is 66.1 Å². The number of carbonyl (C=O) groups excluding carboxylic acids is 1. The predicted molar refractivity (Wildman–Crippen MR) is 96.6 cm³/mol. The summed E-state index contributed by atoms with van der Waals surface area (Å²) in [5.74, 6) is 1.93. The average molecular weight is 361 g/mol. The Labute approximate surface area is 153 Å². The Bertz CT molecular complexity index is 677. The molecule has 3 heterocycles. The summed E-state index contributed by atoms with van der Waals surface area (Å²) in [5, 5.41) is 13.4. The monoisotopic (exact) mass is 361 g/mol. The number of piperazine rings is 1. The van der Waals surface area contributed by atoms with Crippen LogP contribution >= 0.6 is 0 Å². The van der Waals surface area contributed by atoms with E-state index in [0.29, 0.717) is 19.7 Å². The molecule has 2 fully saturated rings. The third-order valence-electron chi connectivity index (χ3n) is 5.97. The van der Waals surface area contributed by atoms with Crippen molar-refractivity contribution >= 4 is 5.91 Å². The SMILES string of the molecule is COc1ccc2c(c1)OC[C@]1(CO)CN(CC(=O)N3CCNCC3)C[C@H]21. The second kappa shape index (κ2) is 7.06. The number of rotatable bonds is 4. The van der Waals surface area contributed by atoms with Crippen LogP contribution in [0, 0.1) is 5.41 Å². The number of nitrogens with zero attached hydrogens (tertiary/aromatic N) is 2. The number of benzene rings is 1. The molecule has 3 aliphatic rings. The second-order valence-corrected chi connectivity index (χ2v) is 7.57. The molecule has 1 aromatic rings. The molecular formula is C19H27N3O4. The van der Waals surface area contributed by atoms with E-state index in [0.717, 1.165) is 49.8 Å². The van der Waals surface area contributed by atoms with Gasteiger partial charge in [0.2, 0.25) is 5.91 Å². The van der Waals surface area contributed by atoms with E-state index in [9.17, 15) is 9.90 Å². The minimum absolute atomic E-state index is 0.0570. The number of carbonyl (C=O) groups is 1. The average Bonchev–Trinajstić information content (AvgIpc) is 3.07. The lowest BCUT2D eigenvalue weighted by Gasteiger charge is -2.38. The first kappa shape index (κ1) is 17.6. The zero-order valence-electron chi connectivity index (χ0n) is 15.2. The number of ether oxygens (including phenoxy) is 2. The Morgan fingerprint density at radius 3 is 2.96 bits per heavy atom. The van der Waals surface area contributed by atoms with Crippen LogP contribution in [-0.4, -0.2) is 87.0 Å². The van der Waals surface area contributed by atoms with Crippen LogP contribution in [-0.2, 0) is 4.79 Å². The normalized spacial score (nSPS) is 28.2. The number of nitrogens with one attached hydrogen (secondary N) is 1. The smallest absolute Gasteiger partial charge is 0.236 e. The lowest BCUT2D eigenvalue weighted by atomic mass is 9.74. The van der Waals surface area contributed by atoms with E-state index in [1.807, 2.05) is 23.1 Å². The van der Waals surface area contributed by atoms with Crippen LogP contribution < -0.4 is 14.8 Å². The molecule has 0 unspecified atom stereocenters. The quantitative estimate of drug-likeness (QED) is 0.780. The molecule has 0 aliphatic carbocycles. The van der Waals surface area contributed by atoms with Gasteiger partial charge in [0, 0.05) is 56.7 Å². The number of methoxy groups -OCH3 is 1. The van der Waals surface area contributed by atoms with E-state index in [1.54, 1.807) is 7.11 Å². The molecule has 142 valence electrons. The highest BCUT2D eigenvalue weighted by atomic mass is 16.5. The van der Waals surface area contributed by atoms with Gasteiger partial charge in [-0.2, -0.15) is 0 Å². The zero-order chi connectivity index (χ0) is 18.1. The molecule has 0 bridgehead atoms. The van der Waals surface area contributed by atoms with E-state index in [2.05, 4.69) is 10.2 Å². The Morgan fingerprint density at radius 2 is 2.23 bits per heavy atom. The molecule has 1 aromatic carbocycles. The van der Waals surface area contributed by atoms with Gasteiger partial charge in [-0.15, -0.1) is 0 Å². The van der Waals surface area contributed by atoms with E-state index in [4.69, 9.17) is 9.47 Å². The molecule has 2 saturated heterocycles. The highest BCUT2D eigenvalue weighted by Crippen LogP contribution is 2.49. The first-order valence-corrected chi connectivity index (χ1v) is 9.28. The fourth-order valence-electron chi connectivity index (χ4n) is 4.45. The number of aliphatic hydroxyl groups is 1. The second-order valence-electron chi connectivity index (χ2n) is 7.57. The molecule has 0 aromatic heterocycles. The molecule has 0 spiro atoms. The van der Waals surface area contributed by atoms with Crippen molar-refractivity contribution in [3.8, 4) is 11.5 Å². The van der Waals surface area contributed by atoms with Gasteiger partial charge in [0.1, 0.15) is 11.5 Å². The van der Waals surface area contributed by atoms with E-state index < -0.39 is 0 Å². The van der Waals surface area contributed by atoms with Crippen LogP contribution in [0.5, 0.6) is 11.5 Å². The van der Waals surface area contributed by atoms with Gasteiger partial charge in [-0.3, -0.25) is 9.69 Å². The molecule has 3 aliphatic heterocycles. The van der Waals surface area contributed by atoms with Crippen LogP contribution in [0.4, 0.5) is 0 Å². The van der Waals surface area contributed by atoms with Gasteiger partial charge in [0.15, 0.2) is 0 Å². The summed E-state index contributed by atoms with van der Waals surface area (Å²) in [6.07, 6.45) is 0. The van der Waals surface area contributed by atoms with Crippen LogP contribution in [0.1, 0.15) is 11.5 Å². The van der Waals surface area contributed by atoms with Gasteiger partial charge in [0.25, 0.3) is 0 Å². The summed E-state index contributed by atoms with van der Waals surface area (Å²) >= 11 is 0. The Morgan fingerprint density at radius 1 is 1.42 bits per heavy atom. The maximum Gasteiger partial charge on any atom is 0.236 e. The molecular weight excluding hydrogens is 334 g/mol. The maximum absolute atomic E-state index is 12.6. The first-order valence-electron chi connectivity index (χ1n) is 9.28. The lowest BCUT2D eigenvalue weighted by molar-refractivity contribution is -0.132. The summed E-state index contributed by atoms with van der Waals surface area (Å²) in [6, 6.07) is 5.87. The first-order chi connectivity index (χ1) is 12.6. The topological polar surface area (TPSA) is 74.3 Å². The fraction of sp³-hybridized carbons (Fsp3) is 0.632. The van der Waals surface area contributed by atoms with Crippen molar-refractivity contribution < 1.29 is 19.4 Å². The van der Waals surface area contributed by atoms with Gasteiger partial charge in [-0.05, 0) is 11.6 Å². The van der Waals surface area contributed by atoms with E-state index in [-0.39, 0.29) is 23.8 Å². The number of hydrogen-bond acceptors (Lipinski definition) is 6. The lowest BCUT2D eigenvalue weighted by Crippen LogP contribution is -2.49. The molecule has 0 radical (unpaired) electrons. The molecule has 2 N–H and O–H groups in total. The van der Waals surface area contributed by atoms with Crippen LogP contribution in [0.15, 0.2) is 18.2 Å². The third kappa shape index (κ3) is 3.04. The van der Waals surface area contributed by atoms with E-state index in [1.165, 1.54) is 0 Å². The zero-order valence-corrected chi connectivity index (χ0v) is 15.2. The molecule has 1 amide bonds. The number of amides is 1. The summed E-state index contributed by atoms with van der Waals surface area (Å²) in [7, 11) is 1.64. The molecule has 4 rings (SSSR count). The van der Waals surface area contributed by atoms with Gasteiger partial charge in [0.05, 0.1) is 26.9 Å². The highest BCUT2D eigenvalue weighted by Gasteiger charge is 2.51. The number of hydrogen-bond donors (Lipinski definition) is 2. The largest absolute Gasteiger partial charge is 0.497 e. The molecule has 2 atom stereocenters. The third-order valence-corrected chi connectivity index (χ3v) is 5.97. The van der Waals surface area contributed by atoms with Gasteiger partial charge in [-0.1, -0.05) is 6.07 Å². The summed E-state index contributed by atoms with van der Waals surface area (Å²) in [5.41, 5.74) is 0.758. The van der Waals surface area contributed by atoms with Crippen LogP contribution in [0.3, 0.4) is 0 Å². The van der Waals surface area contributed by atoms with Crippen molar-refractivity contribution in [2.45, 2.75) is 5.92 Å². The van der Waals surface area contributed by atoms with Crippen LogP contribution in [0.2, 0.25) is 0 Å². The Hall–Kier alpha value is -1.83. The molecule has 7 heteroatoms. The predicted octanol–water partition coefficient (Wildman–Crippen LogP) is -0.103. The Balaban J connectivity index is 1.51. The van der Waals surface area contributed by atoms with Gasteiger partial charge in [-0.25, -0.2) is 0 Å². The highest BCUT2D eigenvalue weighted by molar-refractivity contribution is 5.78. The fourth-order valence-corrected chi connectivity index (χ4v) is 4.45. The van der Waals surface area contributed by atoms with Crippen molar-refractivity contribution in [1.29, 1.82) is 0 Å². The van der Waals surface area contributed by atoms with Gasteiger partial charge < -0.3 is 24.8 Å². The molecule has 26 heavy (non-hydrogen) atoms.